The number of hydrogen-bond donors (Lipinski definition) is 0. The van der Waals surface area contributed by atoms with Gasteiger partial charge in [0.1, 0.15) is 0 Å². The van der Waals surface area contributed by atoms with E-state index in [0.29, 0.717) is 0 Å². The molecule has 0 unspecified atom stereocenters. The third-order valence-electron chi connectivity index (χ3n) is 4.50. The van der Waals surface area contributed by atoms with Gasteiger partial charge in [-0.15, -0.1) is 5.73 Å². The standard InChI is InChI=1S/C19H19FN2OS/c1-3-10-19(11-7-12-19)24-18(23)16-17(20)21-13-22(16)14(2)15-8-5-4-6-9-15/h4-6,8-10,13-14H,1,7,11-12H2,2H3/t14-/m1/s1. The SMILES string of the molecule is C=C=CC1(SC(=O)c2c(F)ncn2[C@H](C)c2ccccc2)CCC1. The Morgan fingerprint density at radius 1 is 1.46 bits per heavy atom. The number of aromatic nitrogens is 2. The molecule has 1 aliphatic carbocycles. The maximum Gasteiger partial charge on any atom is 0.242 e. The lowest BCUT2D eigenvalue weighted by Crippen LogP contribution is -2.32. The molecule has 0 aliphatic heterocycles. The molecular formula is C19H19FN2OS. The number of carbonyl (C=O) groups is 1. The molecule has 0 amide bonds. The summed E-state index contributed by atoms with van der Waals surface area (Å²) in [6.45, 7) is 5.53. The summed E-state index contributed by atoms with van der Waals surface area (Å²) < 4.78 is 15.5. The Labute approximate surface area is 145 Å². The molecule has 1 saturated carbocycles. The Balaban J connectivity index is 1.90. The maximum atomic E-state index is 14.2. The second-order valence-corrected chi connectivity index (χ2v) is 7.42. The first-order valence-corrected chi connectivity index (χ1v) is 8.75. The Hall–Kier alpha value is -2.10. The lowest BCUT2D eigenvalue weighted by molar-refractivity contribution is 0.107. The van der Waals surface area contributed by atoms with E-state index in [1.165, 1.54) is 6.33 Å². The zero-order valence-electron chi connectivity index (χ0n) is 13.5. The molecule has 2 aromatic rings. The number of benzene rings is 1. The van der Waals surface area contributed by atoms with E-state index in [1.54, 1.807) is 4.57 Å². The second kappa shape index (κ2) is 6.80. The monoisotopic (exact) mass is 342 g/mol. The molecule has 3 rings (SSSR count). The summed E-state index contributed by atoms with van der Waals surface area (Å²) >= 11 is 1.16. The van der Waals surface area contributed by atoms with E-state index in [1.807, 2.05) is 43.3 Å². The van der Waals surface area contributed by atoms with Crippen molar-refractivity contribution < 1.29 is 9.18 Å². The fourth-order valence-electron chi connectivity index (χ4n) is 2.93. The van der Waals surface area contributed by atoms with Gasteiger partial charge in [-0.25, -0.2) is 4.98 Å². The van der Waals surface area contributed by atoms with Crippen LogP contribution in [0.15, 0.2) is 55.0 Å². The van der Waals surface area contributed by atoms with Crippen LogP contribution in [0.25, 0.3) is 0 Å². The number of carbonyl (C=O) groups excluding carboxylic acids is 1. The van der Waals surface area contributed by atoms with Gasteiger partial charge in [-0.3, -0.25) is 4.79 Å². The van der Waals surface area contributed by atoms with Crippen LogP contribution in [0.4, 0.5) is 4.39 Å². The van der Waals surface area contributed by atoms with Crippen molar-refractivity contribution in [1.82, 2.24) is 9.55 Å². The van der Waals surface area contributed by atoms with E-state index in [4.69, 9.17) is 0 Å². The van der Waals surface area contributed by atoms with Crippen LogP contribution in [-0.4, -0.2) is 19.4 Å². The summed E-state index contributed by atoms with van der Waals surface area (Å²) in [5, 5.41) is -0.293. The second-order valence-electron chi connectivity index (χ2n) is 6.03. The third kappa shape index (κ3) is 3.10. The number of nitrogens with zero attached hydrogens (tertiary/aromatic N) is 2. The molecule has 1 aromatic carbocycles. The van der Waals surface area contributed by atoms with Crippen molar-refractivity contribution in [3.05, 3.63) is 72.3 Å². The van der Waals surface area contributed by atoms with Crippen LogP contribution in [0.1, 0.15) is 48.3 Å². The van der Waals surface area contributed by atoms with Gasteiger partial charge in [0.2, 0.25) is 11.1 Å². The average molecular weight is 342 g/mol. The van der Waals surface area contributed by atoms with Gasteiger partial charge in [0.25, 0.3) is 0 Å². The highest BCUT2D eigenvalue weighted by molar-refractivity contribution is 8.15. The number of imidazole rings is 1. The average Bonchev–Trinajstić information content (AvgIpc) is 2.94. The molecule has 0 radical (unpaired) electrons. The molecule has 0 saturated heterocycles. The van der Waals surface area contributed by atoms with Gasteiger partial charge < -0.3 is 4.57 Å². The van der Waals surface area contributed by atoms with E-state index in [2.05, 4.69) is 17.3 Å². The minimum Gasteiger partial charge on any atom is -0.318 e. The van der Waals surface area contributed by atoms with Crippen molar-refractivity contribution in [3.63, 3.8) is 0 Å². The summed E-state index contributed by atoms with van der Waals surface area (Å²) in [5.41, 5.74) is 3.80. The van der Waals surface area contributed by atoms with Gasteiger partial charge in [-0.2, -0.15) is 4.39 Å². The fourth-order valence-corrected chi connectivity index (χ4v) is 4.22. The highest BCUT2D eigenvalue weighted by Gasteiger charge is 2.39. The zero-order chi connectivity index (χ0) is 17.2. The lowest BCUT2D eigenvalue weighted by Gasteiger charge is -2.37. The van der Waals surface area contributed by atoms with Crippen molar-refractivity contribution in [2.24, 2.45) is 0 Å². The van der Waals surface area contributed by atoms with Gasteiger partial charge in [0.05, 0.1) is 12.4 Å². The van der Waals surface area contributed by atoms with Crippen molar-refractivity contribution in [2.45, 2.75) is 37.0 Å². The first-order chi connectivity index (χ1) is 11.6. The van der Waals surface area contributed by atoms with Crippen molar-refractivity contribution in [3.8, 4) is 0 Å². The number of hydrogen-bond acceptors (Lipinski definition) is 3. The fraction of sp³-hybridized carbons (Fsp3) is 0.316. The van der Waals surface area contributed by atoms with E-state index < -0.39 is 5.95 Å². The van der Waals surface area contributed by atoms with Crippen LogP contribution in [0, 0.1) is 5.95 Å². The van der Waals surface area contributed by atoms with Gasteiger partial charge in [0.15, 0.2) is 5.69 Å². The first-order valence-electron chi connectivity index (χ1n) is 7.94. The molecule has 1 fully saturated rings. The number of halogens is 1. The molecule has 3 nitrogen and oxygen atoms in total. The van der Waals surface area contributed by atoms with Gasteiger partial charge in [0, 0.05) is 4.75 Å². The molecule has 5 heteroatoms. The highest BCUT2D eigenvalue weighted by atomic mass is 32.2. The van der Waals surface area contributed by atoms with Gasteiger partial charge >= 0.3 is 0 Å². The summed E-state index contributed by atoms with van der Waals surface area (Å²) in [4.78, 5) is 16.5. The highest BCUT2D eigenvalue weighted by Crippen LogP contribution is 2.46. The number of rotatable bonds is 5. The topological polar surface area (TPSA) is 34.9 Å². The van der Waals surface area contributed by atoms with Crippen molar-refractivity contribution in [2.75, 3.05) is 0 Å². The van der Waals surface area contributed by atoms with Gasteiger partial charge in [-0.1, -0.05) is 48.7 Å². The van der Waals surface area contributed by atoms with E-state index in [0.717, 1.165) is 36.6 Å². The molecule has 1 heterocycles. The summed E-state index contributed by atoms with van der Waals surface area (Å²) in [5.74, 6) is -0.715. The van der Waals surface area contributed by atoms with Crippen molar-refractivity contribution in [1.29, 1.82) is 0 Å². The van der Waals surface area contributed by atoms with Crippen LogP contribution < -0.4 is 0 Å². The van der Waals surface area contributed by atoms with Gasteiger partial charge in [-0.05, 0) is 37.8 Å². The number of thioether (sulfide) groups is 1. The third-order valence-corrected chi connectivity index (χ3v) is 5.81. The van der Waals surface area contributed by atoms with Crippen molar-refractivity contribution >= 4 is 16.9 Å². The predicted octanol–water partition coefficient (Wildman–Crippen LogP) is 4.77. The normalized spacial score (nSPS) is 16.8. The Bertz CT molecular complexity index is 789. The Kier molecular flexibility index (Phi) is 4.74. The smallest absolute Gasteiger partial charge is 0.242 e. The Morgan fingerprint density at radius 2 is 2.17 bits per heavy atom. The predicted molar refractivity (Wildman–Crippen MR) is 94.7 cm³/mol. The van der Waals surface area contributed by atoms with Crippen LogP contribution in [0.2, 0.25) is 0 Å². The molecule has 24 heavy (non-hydrogen) atoms. The molecule has 0 bridgehead atoms. The molecule has 1 aliphatic rings. The lowest BCUT2D eigenvalue weighted by atomic mass is 9.84. The molecular weight excluding hydrogens is 323 g/mol. The van der Waals surface area contributed by atoms with Crippen LogP contribution in [0.3, 0.4) is 0 Å². The Morgan fingerprint density at radius 3 is 2.75 bits per heavy atom. The molecule has 0 N–H and O–H groups in total. The minimum absolute atomic E-state index is 0.0279. The molecule has 1 aromatic heterocycles. The summed E-state index contributed by atoms with van der Waals surface area (Å²) in [6.07, 6.45) is 6.06. The molecule has 1 atom stereocenters. The minimum atomic E-state index is -0.715. The maximum absolute atomic E-state index is 14.2. The van der Waals surface area contributed by atoms with Crippen LogP contribution in [0.5, 0.6) is 0 Å². The van der Waals surface area contributed by atoms with Crippen LogP contribution in [-0.2, 0) is 0 Å². The summed E-state index contributed by atoms with van der Waals surface area (Å²) in [6, 6.07) is 9.51. The van der Waals surface area contributed by atoms with E-state index >= 15 is 0 Å². The van der Waals surface area contributed by atoms with Crippen LogP contribution >= 0.6 is 11.8 Å². The zero-order valence-corrected chi connectivity index (χ0v) is 14.4. The quantitative estimate of drug-likeness (QED) is 0.734. The first kappa shape index (κ1) is 16.7. The van der Waals surface area contributed by atoms with E-state index in [-0.39, 0.29) is 21.6 Å². The van der Waals surface area contributed by atoms with E-state index in [9.17, 15) is 9.18 Å². The molecule has 124 valence electrons. The molecule has 0 spiro atoms. The largest absolute Gasteiger partial charge is 0.318 e. The summed E-state index contributed by atoms with van der Waals surface area (Å²) in [7, 11) is 0.